The van der Waals surface area contributed by atoms with E-state index in [0.29, 0.717) is 35.7 Å². The molecule has 30 heavy (non-hydrogen) atoms. The zero-order valence-electron chi connectivity index (χ0n) is 15.6. The van der Waals surface area contributed by atoms with Gasteiger partial charge in [0, 0.05) is 18.0 Å². The maximum absolute atomic E-state index is 13.4. The highest BCUT2D eigenvalue weighted by Crippen LogP contribution is 2.34. The lowest BCUT2D eigenvalue weighted by Gasteiger charge is -2.26. The molecular formula is C20H16F4N4OS. The summed E-state index contributed by atoms with van der Waals surface area (Å²) < 4.78 is 52.8. The van der Waals surface area contributed by atoms with Gasteiger partial charge in [-0.3, -0.25) is 4.57 Å². The fraction of sp³-hybridized carbons (Fsp3) is 0.250. The topological polar surface area (TPSA) is 51.0 Å². The van der Waals surface area contributed by atoms with Crippen LogP contribution in [0.3, 0.4) is 0 Å². The summed E-state index contributed by atoms with van der Waals surface area (Å²) in [5, 5.41) is 0. The van der Waals surface area contributed by atoms with Crippen molar-refractivity contribution in [2.75, 3.05) is 18.0 Å². The zero-order chi connectivity index (χ0) is 21.3. The van der Waals surface area contributed by atoms with Crippen LogP contribution in [0, 0.1) is 5.82 Å². The Bertz CT molecular complexity index is 1150. The first-order chi connectivity index (χ1) is 14.3. The molecule has 0 N–H and O–H groups in total. The molecule has 0 unspecified atom stereocenters. The van der Waals surface area contributed by atoms with Gasteiger partial charge in [0.1, 0.15) is 17.0 Å². The standard InChI is InChI=1S/C20H16F4N4OS/c21-15-3-1-2-14(10-15)13-6-8-27(9-7-13)18-25-12-28(19(29)26-18)11-16-4-5-17(30-16)20(22,23)24/h1-6,10,12H,7-9,11H2. The van der Waals surface area contributed by atoms with E-state index >= 15 is 0 Å². The summed E-state index contributed by atoms with van der Waals surface area (Å²) in [5.41, 5.74) is 1.25. The number of rotatable bonds is 4. The van der Waals surface area contributed by atoms with Gasteiger partial charge in [-0.25, -0.2) is 14.2 Å². The van der Waals surface area contributed by atoms with Gasteiger partial charge < -0.3 is 4.90 Å². The summed E-state index contributed by atoms with van der Waals surface area (Å²) in [6.45, 7) is 1.00. The maximum atomic E-state index is 13.4. The molecule has 0 fully saturated rings. The number of nitrogens with zero attached hydrogens (tertiary/aromatic N) is 4. The van der Waals surface area contributed by atoms with Crippen LogP contribution < -0.4 is 10.6 Å². The van der Waals surface area contributed by atoms with E-state index in [1.807, 2.05) is 17.0 Å². The van der Waals surface area contributed by atoms with Gasteiger partial charge in [-0.2, -0.15) is 18.2 Å². The number of thiophene rings is 1. The van der Waals surface area contributed by atoms with Gasteiger partial charge in [0.05, 0.1) is 6.54 Å². The summed E-state index contributed by atoms with van der Waals surface area (Å²) in [6, 6.07) is 8.72. The van der Waals surface area contributed by atoms with E-state index in [4.69, 9.17) is 0 Å². The Hall–Kier alpha value is -3.01. The second kappa shape index (κ2) is 8.02. The molecule has 0 atom stereocenters. The minimum Gasteiger partial charge on any atom is -0.337 e. The van der Waals surface area contributed by atoms with E-state index in [1.165, 1.54) is 29.1 Å². The number of hydrogen-bond acceptors (Lipinski definition) is 5. The second-order valence-corrected chi connectivity index (χ2v) is 7.93. The van der Waals surface area contributed by atoms with Gasteiger partial charge in [-0.05, 0) is 41.8 Å². The monoisotopic (exact) mass is 436 g/mol. The highest BCUT2D eigenvalue weighted by molar-refractivity contribution is 7.12. The smallest absolute Gasteiger partial charge is 0.337 e. The molecule has 1 aliphatic rings. The Labute approximate surface area is 172 Å². The summed E-state index contributed by atoms with van der Waals surface area (Å²) >= 11 is 0.590. The van der Waals surface area contributed by atoms with Crippen molar-refractivity contribution in [3.05, 3.63) is 80.4 Å². The third-order valence-corrected chi connectivity index (χ3v) is 5.82. The van der Waals surface area contributed by atoms with Crippen LogP contribution in [-0.4, -0.2) is 27.6 Å². The van der Waals surface area contributed by atoms with Gasteiger partial charge in [-0.1, -0.05) is 18.2 Å². The van der Waals surface area contributed by atoms with E-state index in [0.717, 1.165) is 17.2 Å². The highest BCUT2D eigenvalue weighted by Gasteiger charge is 2.32. The van der Waals surface area contributed by atoms with Crippen molar-refractivity contribution < 1.29 is 17.6 Å². The molecule has 1 aliphatic heterocycles. The average Bonchev–Trinajstić information content (AvgIpc) is 3.19. The highest BCUT2D eigenvalue weighted by atomic mass is 32.1. The zero-order valence-corrected chi connectivity index (χ0v) is 16.4. The molecule has 0 aliphatic carbocycles. The molecule has 0 spiro atoms. The third kappa shape index (κ3) is 4.43. The summed E-state index contributed by atoms with van der Waals surface area (Å²) in [7, 11) is 0. The third-order valence-electron chi connectivity index (χ3n) is 4.71. The molecule has 0 bridgehead atoms. The van der Waals surface area contributed by atoms with Crippen LogP contribution in [0.5, 0.6) is 0 Å². The maximum Gasteiger partial charge on any atom is 0.425 e. The molecular weight excluding hydrogens is 420 g/mol. The quantitative estimate of drug-likeness (QED) is 0.576. The largest absolute Gasteiger partial charge is 0.425 e. The molecule has 0 saturated carbocycles. The molecule has 0 radical (unpaired) electrons. The van der Waals surface area contributed by atoms with E-state index in [2.05, 4.69) is 9.97 Å². The minimum atomic E-state index is -4.40. The van der Waals surface area contributed by atoms with Crippen LogP contribution in [0.1, 0.15) is 21.7 Å². The molecule has 1 aromatic carbocycles. The van der Waals surface area contributed by atoms with Crippen LogP contribution >= 0.6 is 11.3 Å². The van der Waals surface area contributed by atoms with Crippen molar-refractivity contribution in [3.63, 3.8) is 0 Å². The minimum absolute atomic E-state index is 0.0243. The molecule has 0 saturated heterocycles. The molecule has 2 aromatic heterocycles. The lowest BCUT2D eigenvalue weighted by Crippen LogP contribution is -2.33. The lowest BCUT2D eigenvalue weighted by atomic mass is 9.99. The number of halogens is 4. The van der Waals surface area contributed by atoms with Crippen LogP contribution in [-0.2, 0) is 12.7 Å². The average molecular weight is 436 g/mol. The molecule has 5 nitrogen and oxygen atoms in total. The van der Waals surface area contributed by atoms with Crippen molar-refractivity contribution >= 4 is 22.9 Å². The van der Waals surface area contributed by atoms with E-state index < -0.39 is 16.7 Å². The van der Waals surface area contributed by atoms with Crippen LogP contribution in [0.2, 0.25) is 0 Å². The molecule has 4 rings (SSSR count). The first kappa shape index (κ1) is 20.3. The number of anilines is 1. The Morgan fingerprint density at radius 2 is 2.00 bits per heavy atom. The Morgan fingerprint density at radius 1 is 1.17 bits per heavy atom. The fourth-order valence-corrected chi connectivity index (χ4v) is 4.07. The first-order valence-corrected chi connectivity index (χ1v) is 9.90. The Balaban J connectivity index is 1.46. The van der Waals surface area contributed by atoms with Crippen molar-refractivity contribution in [2.45, 2.75) is 19.1 Å². The van der Waals surface area contributed by atoms with Gasteiger partial charge in [0.25, 0.3) is 0 Å². The second-order valence-electron chi connectivity index (χ2n) is 6.77. The van der Waals surface area contributed by atoms with Crippen molar-refractivity contribution in [3.8, 4) is 0 Å². The summed E-state index contributed by atoms with van der Waals surface area (Å²) in [4.78, 5) is 22.0. The number of alkyl halides is 3. The first-order valence-electron chi connectivity index (χ1n) is 9.09. The lowest BCUT2D eigenvalue weighted by molar-refractivity contribution is -0.134. The van der Waals surface area contributed by atoms with Crippen LogP contribution in [0.25, 0.3) is 5.57 Å². The summed E-state index contributed by atoms with van der Waals surface area (Å²) in [5.74, 6) is -0.0381. The molecule has 156 valence electrons. The number of benzene rings is 1. The van der Waals surface area contributed by atoms with Gasteiger partial charge in [-0.15, -0.1) is 11.3 Å². The van der Waals surface area contributed by atoms with Crippen molar-refractivity contribution in [2.24, 2.45) is 0 Å². The van der Waals surface area contributed by atoms with E-state index in [1.54, 1.807) is 6.07 Å². The fourth-order valence-electron chi connectivity index (χ4n) is 3.19. The van der Waals surface area contributed by atoms with E-state index in [9.17, 15) is 22.4 Å². The Kier molecular flexibility index (Phi) is 5.42. The summed E-state index contributed by atoms with van der Waals surface area (Å²) in [6.07, 6.45) is -0.521. The molecule has 10 heteroatoms. The predicted molar refractivity (Wildman–Crippen MR) is 106 cm³/mol. The normalized spacial score (nSPS) is 14.7. The number of hydrogen-bond donors (Lipinski definition) is 0. The number of aromatic nitrogens is 3. The van der Waals surface area contributed by atoms with Gasteiger partial charge >= 0.3 is 11.9 Å². The molecule has 0 amide bonds. The SMILES string of the molecule is O=c1nc(N2CC=C(c3cccc(F)c3)CC2)ncn1Cc1ccc(C(F)(F)F)s1. The van der Waals surface area contributed by atoms with Crippen molar-refractivity contribution in [1.82, 2.24) is 14.5 Å². The van der Waals surface area contributed by atoms with Gasteiger partial charge in [0.15, 0.2) is 0 Å². The van der Waals surface area contributed by atoms with Crippen molar-refractivity contribution in [1.29, 1.82) is 0 Å². The van der Waals surface area contributed by atoms with Gasteiger partial charge in [0.2, 0.25) is 5.95 Å². The predicted octanol–water partition coefficient (Wildman–Crippen LogP) is 4.20. The molecule has 3 heterocycles. The Morgan fingerprint density at radius 3 is 2.63 bits per heavy atom. The molecule has 3 aromatic rings. The van der Waals surface area contributed by atoms with Crippen LogP contribution in [0.15, 0.2) is 53.6 Å². The van der Waals surface area contributed by atoms with E-state index in [-0.39, 0.29) is 18.3 Å². The van der Waals surface area contributed by atoms with Crippen LogP contribution in [0.4, 0.5) is 23.5 Å².